The van der Waals surface area contributed by atoms with Crippen molar-refractivity contribution in [3.8, 4) is 17.2 Å². The molecule has 0 bridgehead atoms. The van der Waals surface area contributed by atoms with Gasteiger partial charge in [0, 0.05) is 5.02 Å². The minimum absolute atomic E-state index is 0.0511. The number of hydrogen-bond donors (Lipinski definition) is 2. The maximum absolute atomic E-state index is 12.5. The third-order valence-corrected chi connectivity index (χ3v) is 4.22. The molecule has 1 atom stereocenters. The van der Waals surface area contributed by atoms with Crippen LogP contribution in [-0.2, 0) is 4.79 Å². The van der Waals surface area contributed by atoms with Gasteiger partial charge < -0.3 is 24.6 Å². The van der Waals surface area contributed by atoms with Gasteiger partial charge in [0.2, 0.25) is 0 Å². The molecule has 0 saturated carbocycles. The number of carbonyl (C=O) groups is 2. The number of amides is 1. The van der Waals surface area contributed by atoms with Gasteiger partial charge in [0.15, 0.2) is 17.6 Å². The number of nitrogens with one attached hydrogen (secondary N) is 1. The van der Waals surface area contributed by atoms with Crippen molar-refractivity contribution in [2.45, 2.75) is 20.0 Å². The number of methoxy groups -OCH3 is 2. The number of rotatable bonds is 7. The molecule has 0 radical (unpaired) electrons. The van der Waals surface area contributed by atoms with E-state index in [0.29, 0.717) is 10.8 Å². The first-order valence-corrected chi connectivity index (χ1v) is 8.37. The fraction of sp³-hybridized carbons (Fsp3) is 0.263. The van der Waals surface area contributed by atoms with Gasteiger partial charge >= 0.3 is 5.97 Å². The minimum Gasteiger partial charge on any atom is -0.493 e. The van der Waals surface area contributed by atoms with E-state index in [1.54, 1.807) is 25.1 Å². The Hall–Kier alpha value is -2.93. The number of carboxylic acids is 1. The lowest BCUT2D eigenvalue weighted by molar-refractivity contribution is -0.122. The Morgan fingerprint density at radius 1 is 1.15 bits per heavy atom. The molecule has 7 nitrogen and oxygen atoms in total. The third kappa shape index (κ3) is 4.83. The molecule has 0 fully saturated rings. The van der Waals surface area contributed by atoms with Crippen molar-refractivity contribution in [2.75, 3.05) is 19.5 Å². The SMILES string of the molecule is COc1cc(C(=O)O)cc(NC(=O)C(C)Oc2ccc(Cl)c(C)c2)c1OC. The highest BCUT2D eigenvalue weighted by Crippen LogP contribution is 2.36. The van der Waals surface area contributed by atoms with Crippen LogP contribution in [0.1, 0.15) is 22.8 Å². The summed E-state index contributed by atoms with van der Waals surface area (Å²) in [4.78, 5) is 23.8. The lowest BCUT2D eigenvalue weighted by Gasteiger charge is -2.18. The van der Waals surface area contributed by atoms with Crippen molar-refractivity contribution in [3.05, 3.63) is 46.5 Å². The van der Waals surface area contributed by atoms with Crippen molar-refractivity contribution in [3.63, 3.8) is 0 Å². The van der Waals surface area contributed by atoms with Gasteiger partial charge in [-0.1, -0.05) is 11.6 Å². The summed E-state index contributed by atoms with van der Waals surface area (Å²) in [6.07, 6.45) is -0.852. The average molecular weight is 394 g/mol. The highest BCUT2D eigenvalue weighted by atomic mass is 35.5. The minimum atomic E-state index is -1.16. The zero-order valence-electron chi connectivity index (χ0n) is 15.3. The summed E-state index contributed by atoms with van der Waals surface area (Å²) in [5, 5.41) is 12.5. The Morgan fingerprint density at radius 2 is 1.85 bits per heavy atom. The second-order valence-electron chi connectivity index (χ2n) is 5.72. The zero-order valence-corrected chi connectivity index (χ0v) is 16.1. The molecule has 2 aromatic carbocycles. The molecule has 0 aliphatic rings. The number of anilines is 1. The Morgan fingerprint density at radius 3 is 2.41 bits per heavy atom. The van der Waals surface area contributed by atoms with Crippen LogP contribution in [0.3, 0.4) is 0 Å². The summed E-state index contributed by atoms with van der Waals surface area (Å²) in [5.74, 6) is -0.749. The average Bonchev–Trinajstić information content (AvgIpc) is 2.63. The number of halogens is 1. The summed E-state index contributed by atoms with van der Waals surface area (Å²) < 4.78 is 16.0. The standard InChI is InChI=1S/C19H20ClNO6/c1-10-7-13(5-6-14(10)20)27-11(2)18(22)21-15-8-12(19(23)24)9-16(25-3)17(15)26-4/h5-9,11H,1-4H3,(H,21,22)(H,23,24). The van der Waals surface area contributed by atoms with E-state index in [-0.39, 0.29) is 22.7 Å². The fourth-order valence-electron chi connectivity index (χ4n) is 2.36. The molecule has 0 aliphatic heterocycles. The maximum Gasteiger partial charge on any atom is 0.335 e. The van der Waals surface area contributed by atoms with E-state index in [2.05, 4.69) is 5.32 Å². The second-order valence-corrected chi connectivity index (χ2v) is 6.13. The van der Waals surface area contributed by atoms with Crippen LogP contribution in [0.2, 0.25) is 5.02 Å². The van der Waals surface area contributed by atoms with Crippen molar-refractivity contribution in [1.29, 1.82) is 0 Å². The molecule has 8 heteroatoms. The van der Waals surface area contributed by atoms with E-state index in [0.717, 1.165) is 5.56 Å². The van der Waals surface area contributed by atoms with E-state index >= 15 is 0 Å². The largest absolute Gasteiger partial charge is 0.493 e. The second kappa shape index (κ2) is 8.64. The molecular formula is C19H20ClNO6. The van der Waals surface area contributed by atoms with Gasteiger partial charge in [-0.25, -0.2) is 4.79 Å². The lowest BCUT2D eigenvalue weighted by Crippen LogP contribution is -2.30. The van der Waals surface area contributed by atoms with Gasteiger partial charge in [0.05, 0.1) is 25.5 Å². The molecule has 0 saturated heterocycles. The van der Waals surface area contributed by atoms with Crippen molar-refractivity contribution in [1.82, 2.24) is 0 Å². The van der Waals surface area contributed by atoms with Crippen LogP contribution in [0.4, 0.5) is 5.69 Å². The predicted molar refractivity (Wildman–Crippen MR) is 101 cm³/mol. The van der Waals surface area contributed by atoms with E-state index in [4.69, 9.17) is 25.8 Å². The summed E-state index contributed by atoms with van der Waals surface area (Å²) >= 11 is 5.98. The number of aromatic carboxylic acids is 1. The molecule has 144 valence electrons. The van der Waals surface area contributed by atoms with Gasteiger partial charge in [-0.3, -0.25) is 4.79 Å². The smallest absolute Gasteiger partial charge is 0.335 e. The molecule has 0 aliphatic carbocycles. The molecule has 0 spiro atoms. The van der Waals surface area contributed by atoms with Crippen LogP contribution >= 0.6 is 11.6 Å². The molecule has 0 aromatic heterocycles. The number of aryl methyl sites for hydroxylation is 1. The van der Waals surface area contributed by atoms with Gasteiger partial charge in [-0.05, 0) is 49.7 Å². The summed E-state index contributed by atoms with van der Waals surface area (Å²) in [7, 11) is 2.77. The Labute approximate surface area is 161 Å². The Bertz CT molecular complexity index is 868. The van der Waals surface area contributed by atoms with Crippen LogP contribution < -0.4 is 19.5 Å². The van der Waals surface area contributed by atoms with Gasteiger partial charge in [-0.2, -0.15) is 0 Å². The Balaban J connectivity index is 2.23. The maximum atomic E-state index is 12.5. The molecule has 1 amide bonds. The summed E-state index contributed by atoms with van der Waals surface area (Å²) in [6, 6.07) is 7.67. The molecule has 27 heavy (non-hydrogen) atoms. The Kier molecular flexibility index (Phi) is 6.52. The first-order chi connectivity index (χ1) is 12.8. The number of ether oxygens (including phenoxy) is 3. The zero-order chi connectivity index (χ0) is 20.1. The number of benzene rings is 2. The topological polar surface area (TPSA) is 94.1 Å². The fourth-order valence-corrected chi connectivity index (χ4v) is 2.48. The molecule has 2 rings (SSSR count). The quantitative estimate of drug-likeness (QED) is 0.743. The van der Waals surface area contributed by atoms with Crippen molar-refractivity contribution < 1.29 is 28.9 Å². The molecule has 2 N–H and O–H groups in total. The number of hydrogen-bond acceptors (Lipinski definition) is 5. The summed E-state index contributed by atoms with van der Waals surface area (Å²) in [5.41, 5.74) is 0.939. The highest BCUT2D eigenvalue weighted by Gasteiger charge is 2.21. The lowest BCUT2D eigenvalue weighted by atomic mass is 10.1. The number of carbonyl (C=O) groups excluding carboxylic acids is 1. The molecule has 2 aromatic rings. The number of carboxylic acid groups (broad SMARTS) is 1. The normalized spacial score (nSPS) is 11.4. The van der Waals surface area contributed by atoms with Crippen LogP contribution in [0.5, 0.6) is 17.2 Å². The van der Waals surface area contributed by atoms with E-state index in [1.807, 2.05) is 6.92 Å². The van der Waals surface area contributed by atoms with Crippen LogP contribution in [0, 0.1) is 6.92 Å². The van der Waals surface area contributed by atoms with Crippen LogP contribution in [0.25, 0.3) is 0 Å². The first kappa shape index (κ1) is 20.4. The van der Waals surface area contributed by atoms with Crippen molar-refractivity contribution in [2.24, 2.45) is 0 Å². The molecule has 0 heterocycles. The van der Waals surface area contributed by atoms with Crippen LogP contribution in [0.15, 0.2) is 30.3 Å². The molecular weight excluding hydrogens is 374 g/mol. The van der Waals surface area contributed by atoms with Gasteiger partial charge in [0.1, 0.15) is 5.75 Å². The van der Waals surface area contributed by atoms with E-state index in [1.165, 1.54) is 26.4 Å². The summed E-state index contributed by atoms with van der Waals surface area (Å²) in [6.45, 7) is 3.40. The van der Waals surface area contributed by atoms with Gasteiger partial charge in [0.25, 0.3) is 5.91 Å². The monoisotopic (exact) mass is 393 g/mol. The van der Waals surface area contributed by atoms with E-state index in [9.17, 15) is 14.7 Å². The predicted octanol–water partition coefficient (Wildman–Crippen LogP) is 3.77. The highest BCUT2D eigenvalue weighted by molar-refractivity contribution is 6.31. The van der Waals surface area contributed by atoms with Crippen LogP contribution in [-0.4, -0.2) is 37.3 Å². The third-order valence-electron chi connectivity index (χ3n) is 3.80. The van der Waals surface area contributed by atoms with E-state index < -0.39 is 18.0 Å². The van der Waals surface area contributed by atoms with Gasteiger partial charge in [-0.15, -0.1) is 0 Å². The van der Waals surface area contributed by atoms with Crippen molar-refractivity contribution >= 4 is 29.2 Å². The first-order valence-electron chi connectivity index (χ1n) is 7.99. The molecule has 1 unspecified atom stereocenters.